The maximum atomic E-state index is 14.7. The summed E-state index contributed by atoms with van der Waals surface area (Å²) in [7, 11) is 0. The maximum Gasteiger partial charge on any atom is 0.236 e. The van der Waals surface area contributed by atoms with E-state index in [9.17, 15) is 19.6 Å². The van der Waals surface area contributed by atoms with Gasteiger partial charge in [0, 0.05) is 37.8 Å². The molecule has 36 heavy (non-hydrogen) atoms. The number of aliphatic hydroxyl groups is 1. The summed E-state index contributed by atoms with van der Waals surface area (Å²) >= 11 is 0. The predicted octanol–water partition coefficient (Wildman–Crippen LogP) is 1.46. The van der Waals surface area contributed by atoms with Crippen molar-refractivity contribution in [2.45, 2.75) is 58.0 Å². The molecule has 0 bridgehead atoms. The predicted molar refractivity (Wildman–Crippen MR) is 129 cm³/mol. The van der Waals surface area contributed by atoms with Gasteiger partial charge in [0.2, 0.25) is 5.91 Å². The SMILES string of the molecule is C[C@@H]1CN(c2ccc(C#N)n3ncc(F)c23)Cc2c3c(nn21)CN(CC(=O)N1CCC(O)C1)[C@@H](C)C3. The quantitative estimate of drug-likeness (QED) is 0.590. The molecule has 3 aromatic rings. The van der Waals surface area contributed by atoms with Gasteiger partial charge in [-0.2, -0.15) is 15.5 Å². The number of hydrogen-bond acceptors (Lipinski definition) is 7. The van der Waals surface area contributed by atoms with Crippen molar-refractivity contribution in [1.29, 1.82) is 5.26 Å². The molecule has 3 atom stereocenters. The first kappa shape index (κ1) is 22.9. The van der Waals surface area contributed by atoms with Gasteiger partial charge in [-0.1, -0.05) is 0 Å². The Kier molecular flexibility index (Phi) is 5.46. The van der Waals surface area contributed by atoms with E-state index in [0.29, 0.717) is 56.9 Å². The van der Waals surface area contributed by atoms with E-state index in [-0.39, 0.29) is 23.7 Å². The zero-order valence-electron chi connectivity index (χ0n) is 20.4. The van der Waals surface area contributed by atoms with Crippen molar-refractivity contribution in [3.05, 3.63) is 46.8 Å². The summed E-state index contributed by atoms with van der Waals surface area (Å²) in [6.45, 7) is 7.41. The molecule has 0 spiro atoms. The molecule has 0 aliphatic carbocycles. The summed E-state index contributed by atoms with van der Waals surface area (Å²) in [5.41, 5.74) is 4.63. The Morgan fingerprint density at radius 1 is 1.25 bits per heavy atom. The van der Waals surface area contributed by atoms with Crippen molar-refractivity contribution in [1.82, 2.24) is 29.2 Å². The summed E-state index contributed by atoms with van der Waals surface area (Å²) in [4.78, 5) is 18.9. The van der Waals surface area contributed by atoms with Crippen molar-refractivity contribution in [2.24, 2.45) is 0 Å². The van der Waals surface area contributed by atoms with Gasteiger partial charge in [-0.05, 0) is 38.8 Å². The second kappa shape index (κ2) is 8.57. The van der Waals surface area contributed by atoms with Crippen LogP contribution in [0.4, 0.5) is 10.1 Å². The Bertz CT molecular complexity index is 1390. The molecule has 10 nitrogen and oxygen atoms in total. The van der Waals surface area contributed by atoms with Crippen molar-refractivity contribution < 1.29 is 14.3 Å². The number of β-amino-alcohol motifs (C(OH)–C–C–N with tert-alkyl or cyclic N) is 1. The van der Waals surface area contributed by atoms with Crippen LogP contribution in [0.3, 0.4) is 0 Å². The minimum absolute atomic E-state index is 0.0537. The highest BCUT2D eigenvalue weighted by Gasteiger charge is 2.36. The Labute approximate surface area is 208 Å². The van der Waals surface area contributed by atoms with E-state index in [2.05, 4.69) is 39.5 Å². The van der Waals surface area contributed by atoms with Crippen molar-refractivity contribution >= 4 is 17.1 Å². The van der Waals surface area contributed by atoms with E-state index in [0.717, 1.165) is 24.0 Å². The van der Waals surface area contributed by atoms with Gasteiger partial charge >= 0.3 is 0 Å². The molecule has 1 N–H and O–H groups in total. The molecule has 0 aromatic carbocycles. The van der Waals surface area contributed by atoms with E-state index in [1.165, 1.54) is 10.1 Å². The molecule has 3 aromatic heterocycles. The number of anilines is 1. The number of likely N-dealkylation sites (tertiary alicyclic amines) is 1. The lowest BCUT2D eigenvalue weighted by atomic mass is 9.97. The molecule has 0 radical (unpaired) electrons. The Balaban J connectivity index is 1.27. The molecule has 11 heteroatoms. The van der Waals surface area contributed by atoms with Crippen LogP contribution >= 0.6 is 0 Å². The van der Waals surface area contributed by atoms with E-state index in [1.54, 1.807) is 17.0 Å². The molecule has 3 aliphatic heterocycles. The number of pyridine rings is 1. The molecular weight excluding hydrogens is 463 g/mol. The first-order valence-corrected chi connectivity index (χ1v) is 12.4. The third-order valence-electron chi connectivity index (χ3n) is 7.82. The molecule has 0 saturated carbocycles. The smallest absolute Gasteiger partial charge is 0.236 e. The molecule has 1 amide bonds. The number of aliphatic hydroxyl groups excluding tert-OH is 1. The minimum atomic E-state index is -0.449. The van der Waals surface area contributed by atoms with Gasteiger partial charge in [-0.15, -0.1) is 0 Å². The number of carbonyl (C=O) groups excluding carboxylic acids is 1. The number of aromatic nitrogens is 4. The van der Waals surface area contributed by atoms with Crippen molar-refractivity contribution in [3.8, 4) is 6.07 Å². The zero-order valence-corrected chi connectivity index (χ0v) is 20.4. The third-order valence-corrected chi connectivity index (χ3v) is 7.82. The number of amides is 1. The molecular formula is C25H29FN8O2. The van der Waals surface area contributed by atoms with E-state index >= 15 is 0 Å². The second-order valence-corrected chi connectivity index (χ2v) is 10.3. The normalized spacial score (nSPS) is 24.1. The van der Waals surface area contributed by atoms with Gasteiger partial charge in [0.05, 0.1) is 48.5 Å². The van der Waals surface area contributed by atoms with Crippen LogP contribution in [0, 0.1) is 17.1 Å². The van der Waals surface area contributed by atoms with E-state index < -0.39 is 11.9 Å². The van der Waals surface area contributed by atoms with Gasteiger partial charge in [0.1, 0.15) is 17.3 Å². The summed E-state index contributed by atoms with van der Waals surface area (Å²) in [5.74, 6) is -0.395. The Hall–Kier alpha value is -3.49. The maximum absolute atomic E-state index is 14.7. The molecule has 1 saturated heterocycles. The first-order chi connectivity index (χ1) is 17.3. The van der Waals surface area contributed by atoms with Crippen LogP contribution in [0.15, 0.2) is 18.3 Å². The van der Waals surface area contributed by atoms with Crippen molar-refractivity contribution in [3.63, 3.8) is 0 Å². The fourth-order valence-electron chi connectivity index (χ4n) is 5.89. The molecule has 1 unspecified atom stereocenters. The lowest BCUT2D eigenvalue weighted by molar-refractivity contribution is -0.132. The fourth-order valence-corrected chi connectivity index (χ4v) is 5.89. The largest absolute Gasteiger partial charge is 0.391 e. The highest BCUT2D eigenvalue weighted by atomic mass is 19.1. The zero-order chi connectivity index (χ0) is 25.1. The first-order valence-electron chi connectivity index (χ1n) is 12.4. The number of rotatable bonds is 3. The highest BCUT2D eigenvalue weighted by molar-refractivity contribution is 5.78. The summed E-state index contributed by atoms with van der Waals surface area (Å²) in [6.07, 6.45) is 2.16. The number of hydrogen-bond donors (Lipinski definition) is 1. The number of carbonyl (C=O) groups is 1. The van der Waals surface area contributed by atoms with E-state index in [1.807, 2.05) is 0 Å². The Morgan fingerprint density at radius 3 is 2.83 bits per heavy atom. The van der Waals surface area contributed by atoms with Gasteiger partial charge in [-0.25, -0.2) is 8.91 Å². The molecule has 6 heterocycles. The van der Waals surface area contributed by atoms with E-state index in [4.69, 9.17) is 5.10 Å². The second-order valence-electron chi connectivity index (χ2n) is 10.3. The van der Waals surface area contributed by atoms with Crippen LogP contribution < -0.4 is 4.90 Å². The van der Waals surface area contributed by atoms with Crippen LogP contribution in [-0.2, 0) is 24.3 Å². The van der Waals surface area contributed by atoms with Crippen molar-refractivity contribution in [2.75, 3.05) is 31.1 Å². The van der Waals surface area contributed by atoms with Gasteiger partial charge in [-0.3, -0.25) is 14.4 Å². The number of fused-ring (bicyclic) bond motifs is 4. The average molecular weight is 493 g/mol. The van der Waals surface area contributed by atoms with Gasteiger partial charge in [0.15, 0.2) is 5.82 Å². The summed E-state index contributed by atoms with van der Waals surface area (Å²) in [5, 5.41) is 28.2. The van der Waals surface area contributed by atoms with Crippen LogP contribution in [0.5, 0.6) is 0 Å². The lowest BCUT2D eigenvalue weighted by Crippen LogP contribution is -2.45. The van der Waals surface area contributed by atoms with Gasteiger partial charge < -0.3 is 14.9 Å². The van der Waals surface area contributed by atoms with Crippen LogP contribution in [0.1, 0.15) is 49.0 Å². The fraction of sp³-hybridized carbons (Fsp3) is 0.520. The monoisotopic (exact) mass is 492 g/mol. The van der Waals surface area contributed by atoms with Crippen LogP contribution in [0.25, 0.3) is 5.52 Å². The van der Waals surface area contributed by atoms with Crippen LogP contribution in [-0.4, -0.2) is 78.5 Å². The van der Waals surface area contributed by atoms with Crippen LogP contribution in [0.2, 0.25) is 0 Å². The number of halogens is 1. The topological polar surface area (TPSA) is 106 Å². The average Bonchev–Trinajstić information content (AvgIpc) is 3.56. The summed E-state index contributed by atoms with van der Waals surface area (Å²) < 4.78 is 18.2. The number of nitrogens with zero attached hydrogens (tertiary/aromatic N) is 8. The molecule has 6 rings (SSSR count). The molecule has 1 fully saturated rings. The lowest BCUT2D eigenvalue weighted by Gasteiger charge is -2.36. The standard InChI is InChI=1S/C25H29FN8O2/c1-15-7-19-21(12-31(15)14-24(36)30-6-5-18(35)11-30)29-33-16(2)10-32(13-23(19)33)22-4-3-17(8-27)34-25(22)20(26)9-28-34/h3-4,9,15-16,18,35H,5-7,10-14H2,1-2H3/t15-,16+,18?/m0/s1. The Morgan fingerprint density at radius 2 is 2.08 bits per heavy atom. The van der Waals surface area contributed by atoms with Gasteiger partial charge in [0.25, 0.3) is 0 Å². The minimum Gasteiger partial charge on any atom is -0.391 e. The summed E-state index contributed by atoms with van der Waals surface area (Å²) in [6, 6.07) is 5.79. The number of nitriles is 1. The highest BCUT2D eigenvalue weighted by Crippen LogP contribution is 2.35. The third kappa shape index (κ3) is 3.63. The molecule has 3 aliphatic rings. The molecule has 188 valence electrons.